The van der Waals surface area contributed by atoms with Crippen LogP contribution in [-0.4, -0.2) is 28.1 Å². The monoisotopic (exact) mass is 353 g/mol. The Morgan fingerprint density at radius 1 is 0.960 bits per heavy atom. The first-order valence-electron chi connectivity index (χ1n) is 9.07. The van der Waals surface area contributed by atoms with Crippen LogP contribution in [0.15, 0.2) is 65.6 Å². The van der Waals surface area contributed by atoms with Crippen LogP contribution in [0.25, 0.3) is 0 Å². The highest BCUT2D eigenvalue weighted by Crippen LogP contribution is 2.58. The van der Waals surface area contributed by atoms with Gasteiger partial charge < -0.3 is 4.90 Å². The van der Waals surface area contributed by atoms with Crippen molar-refractivity contribution in [3.8, 4) is 0 Å². The van der Waals surface area contributed by atoms with E-state index in [9.17, 15) is 4.79 Å². The molecule has 2 aromatic carbocycles. The van der Waals surface area contributed by atoms with E-state index in [0.717, 1.165) is 12.0 Å². The molecule has 0 aromatic heterocycles. The second kappa shape index (κ2) is 7.25. The summed E-state index contributed by atoms with van der Waals surface area (Å²) < 4.78 is 0. The van der Waals surface area contributed by atoms with Gasteiger partial charge in [0.05, 0.1) is 5.41 Å². The van der Waals surface area contributed by atoms with E-state index in [0.29, 0.717) is 5.25 Å². The Kier molecular flexibility index (Phi) is 5.24. The first-order valence-corrected chi connectivity index (χ1v) is 9.94. The van der Waals surface area contributed by atoms with E-state index in [1.807, 2.05) is 36.0 Å². The lowest BCUT2D eigenvalue weighted by Gasteiger charge is -2.35. The summed E-state index contributed by atoms with van der Waals surface area (Å²) in [6.07, 6.45) is 0.908. The Labute approximate surface area is 155 Å². The molecule has 0 bridgehead atoms. The number of nitrogens with zero attached hydrogens (tertiary/aromatic N) is 1. The first kappa shape index (κ1) is 18.1. The summed E-state index contributed by atoms with van der Waals surface area (Å²) in [6, 6.07) is 21.2. The van der Waals surface area contributed by atoms with Crippen LogP contribution in [0.4, 0.5) is 0 Å². The SMILES string of the molecule is CC(C)N(C(=O)[C@]1(c2ccccc2)C[C@@H]1Sc1ccccc1)C(C)C. The van der Waals surface area contributed by atoms with Gasteiger partial charge in [-0.05, 0) is 51.8 Å². The molecule has 0 spiro atoms. The normalized spacial score (nSPS) is 22.2. The van der Waals surface area contributed by atoms with E-state index >= 15 is 0 Å². The molecule has 0 unspecified atom stereocenters. The fraction of sp³-hybridized carbons (Fsp3) is 0.409. The maximum atomic E-state index is 13.6. The number of benzene rings is 2. The standard InChI is InChI=1S/C22H27NOS/c1-16(2)23(17(3)4)21(24)22(18-11-7-5-8-12-18)15-20(22)25-19-13-9-6-10-14-19/h5-14,16-17,20H,15H2,1-4H3/t20-,22-/m0/s1. The molecule has 3 heteroatoms. The van der Waals surface area contributed by atoms with Crippen LogP contribution < -0.4 is 0 Å². The zero-order valence-electron chi connectivity index (χ0n) is 15.5. The molecule has 132 valence electrons. The van der Waals surface area contributed by atoms with Gasteiger partial charge in [-0.15, -0.1) is 11.8 Å². The fourth-order valence-electron chi connectivity index (χ4n) is 3.72. The van der Waals surface area contributed by atoms with Crippen LogP contribution in [0.5, 0.6) is 0 Å². The van der Waals surface area contributed by atoms with E-state index in [1.54, 1.807) is 0 Å². The van der Waals surface area contributed by atoms with Crippen molar-refractivity contribution in [1.82, 2.24) is 4.90 Å². The summed E-state index contributed by atoms with van der Waals surface area (Å²) in [5.74, 6) is 0.275. The predicted octanol–water partition coefficient (Wildman–Crippen LogP) is 5.13. The van der Waals surface area contributed by atoms with Crippen molar-refractivity contribution in [3.63, 3.8) is 0 Å². The van der Waals surface area contributed by atoms with E-state index in [4.69, 9.17) is 0 Å². The van der Waals surface area contributed by atoms with Crippen LogP contribution in [0.2, 0.25) is 0 Å². The second-order valence-electron chi connectivity index (χ2n) is 7.36. The summed E-state index contributed by atoms with van der Waals surface area (Å²) in [6.45, 7) is 8.44. The molecule has 1 aliphatic rings. The molecular formula is C22H27NOS. The lowest BCUT2D eigenvalue weighted by molar-refractivity contribution is -0.137. The van der Waals surface area contributed by atoms with Gasteiger partial charge in [0.1, 0.15) is 0 Å². The van der Waals surface area contributed by atoms with Crippen LogP contribution >= 0.6 is 11.8 Å². The van der Waals surface area contributed by atoms with E-state index in [2.05, 4.69) is 69.0 Å². The van der Waals surface area contributed by atoms with Crippen LogP contribution in [-0.2, 0) is 10.2 Å². The molecule has 1 fully saturated rings. The highest BCUT2D eigenvalue weighted by Gasteiger charge is 2.63. The van der Waals surface area contributed by atoms with Crippen molar-refractivity contribution in [2.45, 2.75) is 61.8 Å². The number of thioether (sulfide) groups is 1. The molecule has 0 radical (unpaired) electrons. The number of hydrogen-bond acceptors (Lipinski definition) is 2. The predicted molar refractivity (Wildman–Crippen MR) is 106 cm³/mol. The molecule has 2 nitrogen and oxygen atoms in total. The summed E-state index contributed by atoms with van der Waals surface area (Å²) in [4.78, 5) is 16.9. The Morgan fingerprint density at radius 2 is 1.48 bits per heavy atom. The molecule has 1 saturated carbocycles. The number of carbonyl (C=O) groups is 1. The molecule has 3 rings (SSSR count). The van der Waals surface area contributed by atoms with Crippen molar-refractivity contribution in [2.75, 3.05) is 0 Å². The maximum Gasteiger partial charge on any atom is 0.234 e. The van der Waals surface area contributed by atoms with E-state index in [-0.39, 0.29) is 18.0 Å². The van der Waals surface area contributed by atoms with Crippen LogP contribution in [0, 0.1) is 0 Å². The molecule has 0 aliphatic heterocycles. The van der Waals surface area contributed by atoms with Gasteiger partial charge in [0.2, 0.25) is 5.91 Å². The third-order valence-electron chi connectivity index (χ3n) is 4.94. The smallest absolute Gasteiger partial charge is 0.234 e. The molecule has 2 atom stereocenters. The van der Waals surface area contributed by atoms with Gasteiger partial charge >= 0.3 is 0 Å². The lowest BCUT2D eigenvalue weighted by atomic mass is 9.93. The van der Waals surface area contributed by atoms with Gasteiger partial charge in [0.25, 0.3) is 0 Å². The number of rotatable bonds is 6. The topological polar surface area (TPSA) is 20.3 Å². The molecule has 0 saturated heterocycles. The zero-order valence-corrected chi connectivity index (χ0v) is 16.3. The highest BCUT2D eigenvalue weighted by molar-refractivity contribution is 8.00. The van der Waals surface area contributed by atoms with Crippen molar-refractivity contribution in [1.29, 1.82) is 0 Å². The Bertz CT molecular complexity index is 705. The summed E-state index contributed by atoms with van der Waals surface area (Å²) in [7, 11) is 0. The van der Waals surface area contributed by atoms with Crippen molar-refractivity contribution >= 4 is 17.7 Å². The van der Waals surface area contributed by atoms with Gasteiger partial charge in [-0.25, -0.2) is 0 Å². The first-order chi connectivity index (χ1) is 12.0. The summed E-state index contributed by atoms with van der Waals surface area (Å²) in [5, 5.41) is 0.296. The Balaban J connectivity index is 1.94. The van der Waals surface area contributed by atoms with Gasteiger partial charge in [-0.3, -0.25) is 4.79 Å². The van der Waals surface area contributed by atoms with Crippen molar-refractivity contribution in [3.05, 3.63) is 66.2 Å². The second-order valence-corrected chi connectivity index (χ2v) is 8.64. The van der Waals surface area contributed by atoms with Crippen molar-refractivity contribution < 1.29 is 4.79 Å². The minimum absolute atomic E-state index is 0.205. The molecule has 0 N–H and O–H groups in total. The van der Waals surface area contributed by atoms with Gasteiger partial charge in [-0.2, -0.15) is 0 Å². The molecule has 1 aliphatic carbocycles. The lowest BCUT2D eigenvalue weighted by Crippen LogP contribution is -2.48. The summed E-state index contributed by atoms with van der Waals surface area (Å²) in [5.41, 5.74) is 0.760. The quantitative estimate of drug-likeness (QED) is 0.717. The van der Waals surface area contributed by atoms with Crippen LogP contribution in [0.1, 0.15) is 39.7 Å². The molecule has 2 aromatic rings. The van der Waals surface area contributed by atoms with Gasteiger partial charge in [0, 0.05) is 22.2 Å². The molecule has 25 heavy (non-hydrogen) atoms. The van der Waals surface area contributed by atoms with Gasteiger partial charge in [0.15, 0.2) is 0 Å². The molecular weight excluding hydrogens is 326 g/mol. The largest absolute Gasteiger partial charge is 0.337 e. The van der Waals surface area contributed by atoms with E-state index in [1.165, 1.54) is 4.90 Å². The average molecular weight is 354 g/mol. The minimum Gasteiger partial charge on any atom is -0.337 e. The number of amides is 1. The fourth-order valence-corrected chi connectivity index (χ4v) is 5.15. The van der Waals surface area contributed by atoms with Crippen LogP contribution in [0.3, 0.4) is 0 Å². The Morgan fingerprint density at radius 3 is 2.00 bits per heavy atom. The highest BCUT2D eigenvalue weighted by atomic mass is 32.2. The average Bonchev–Trinajstić information content (AvgIpc) is 3.31. The zero-order chi connectivity index (χ0) is 18.0. The third kappa shape index (κ3) is 3.48. The van der Waals surface area contributed by atoms with Gasteiger partial charge in [-0.1, -0.05) is 48.5 Å². The minimum atomic E-state index is -0.393. The number of carbonyl (C=O) groups excluding carboxylic acids is 1. The Hall–Kier alpha value is -1.74. The maximum absolute atomic E-state index is 13.6. The molecule has 1 amide bonds. The van der Waals surface area contributed by atoms with Crippen molar-refractivity contribution in [2.24, 2.45) is 0 Å². The number of hydrogen-bond donors (Lipinski definition) is 0. The summed E-state index contributed by atoms with van der Waals surface area (Å²) >= 11 is 1.83. The molecule has 0 heterocycles. The van der Waals surface area contributed by atoms with E-state index < -0.39 is 5.41 Å². The third-order valence-corrected chi connectivity index (χ3v) is 6.33.